The molecule has 0 saturated heterocycles. The van der Waals surface area contributed by atoms with Crippen molar-refractivity contribution in [3.8, 4) is 0 Å². The van der Waals surface area contributed by atoms with Gasteiger partial charge in [-0.15, -0.1) is 0 Å². The lowest BCUT2D eigenvalue weighted by atomic mass is 10.3. The van der Waals surface area contributed by atoms with Crippen LogP contribution in [-0.2, 0) is 14.3 Å². The number of nitrogens with one attached hydrogen (secondary N) is 1. The van der Waals surface area contributed by atoms with Crippen molar-refractivity contribution < 1.29 is 40.7 Å². The predicted octanol–water partition coefficient (Wildman–Crippen LogP) is 1.67. The summed E-state index contributed by atoms with van der Waals surface area (Å²) in [6.45, 7) is 3.65. The van der Waals surface area contributed by atoms with Gasteiger partial charge in [-0.25, -0.2) is 4.79 Å². The second kappa shape index (κ2) is 5.27. The van der Waals surface area contributed by atoms with Crippen molar-refractivity contribution in [2.75, 3.05) is 0 Å². The van der Waals surface area contributed by atoms with Crippen LogP contribution in [0.25, 0.3) is 0 Å². The van der Waals surface area contributed by atoms with Crippen LogP contribution in [0, 0.1) is 0 Å². The highest BCUT2D eigenvalue weighted by Crippen LogP contribution is 2.35. The normalized spacial score (nSPS) is 12.2. The number of carbonyl (C=O) groups is 2. The van der Waals surface area contributed by atoms with Gasteiger partial charge in [0, 0.05) is 6.92 Å². The molecule has 0 saturated carbocycles. The van der Waals surface area contributed by atoms with E-state index in [2.05, 4.69) is 11.3 Å². The standard InChI is InChI=1S/C8H7F6NO3/c1-3(15-4(2)16)5(17)18-6(7(9,10)11)8(12,13)14/h6H,1H2,2H3,(H,15,16). The summed E-state index contributed by atoms with van der Waals surface area (Å²) in [4.78, 5) is 21.3. The second-order valence-electron chi connectivity index (χ2n) is 3.03. The first-order chi connectivity index (χ1) is 7.85. The molecule has 0 rings (SSSR count). The third-order valence-electron chi connectivity index (χ3n) is 1.39. The Bertz CT molecular complexity index is 345. The van der Waals surface area contributed by atoms with Crippen molar-refractivity contribution in [2.24, 2.45) is 0 Å². The maximum atomic E-state index is 12.0. The summed E-state index contributed by atoms with van der Waals surface area (Å²) >= 11 is 0. The van der Waals surface area contributed by atoms with Gasteiger partial charge >= 0.3 is 18.3 Å². The van der Waals surface area contributed by atoms with Gasteiger partial charge in [-0.05, 0) is 0 Å². The van der Waals surface area contributed by atoms with Crippen LogP contribution in [-0.4, -0.2) is 30.3 Å². The summed E-state index contributed by atoms with van der Waals surface area (Å²) in [5.74, 6) is -2.92. The fraction of sp³-hybridized carbons (Fsp3) is 0.500. The first-order valence-electron chi connectivity index (χ1n) is 4.16. The summed E-state index contributed by atoms with van der Waals surface area (Å²) in [5, 5.41) is 1.61. The van der Waals surface area contributed by atoms with Crippen LogP contribution in [0.4, 0.5) is 26.3 Å². The van der Waals surface area contributed by atoms with Gasteiger partial charge < -0.3 is 10.1 Å². The van der Waals surface area contributed by atoms with E-state index in [1.165, 1.54) is 0 Å². The van der Waals surface area contributed by atoms with E-state index in [1.807, 2.05) is 0 Å². The van der Waals surface area contributed by atoms with Crippen molar-refractivity contribution in [3.63, 3.8) is 0 Å². The number of carbonyl (C=O) groups excluding carboxylic acids is 2. The Kier molecular flexibility index (Phi) is 4.76. The smallest absolute Gasteiger partial charge is 0.434 e. The second-order valence-corrected chi connectivity index (χ2v) is 3.03. The number of ether oxygens (including phenoxy) is 1. The lowest BCUT2D eigenvalue weighted by Gasteiger charge is -2.23. The molecule has 10 heteroatoms. The van der Waals surface area contributed by atoms with E-state index in [1.54, 1.807) is 5.32 Å². The van der Waals surface area contributed by atoms with Gasteiger partial charge in [0.1, 0.15) is 5.70 Å². The van der Waals surface area contributed by atoms with Crippen molar-refractivity contribution >= 4 is 11.9 Å². The molecule has 0 unspecified atom stereocenters. The molecular formula is C8H7F6NO3. The number of esters is 1. The Morgan fingerprint density at radius 3 is 1.78 bits per heavy atom. The SMILES string of the molecule is C=C(NC(C)=O)C(=O)OC(C(F)(F)F)C(F)(F)F. The molecule has 0 bridgehead atoms. The van der Waals surface area contributed by atoms with Gasteiger partial charge in [-0.1, -0.05) is 6.58 Å². The van der Waals surface area contributed by atoms with E-state index >= 15 is 0 Å². The summed E-state index contributed by atoms with van der Waals surface area (Å²) in [6, 6.07) is 0. The molecule has 104 valence electrons. The van der Waals surface area contributed by atoms with Crippen LogP contribution in [0.2, 0.25) is 0 Å². The van der Waals surface area contributed by atoms with Gasteiger partial charge in [0.2, 0.25) is 5.91 Å². The van der Waals surface area contributed by atoms with Crippen LogP contribution >= 0.6 is 0 Å². The molecule has 0 atom stereocenters. The lowest BCUT2D eigenvalue weighted by Crippen LogP contribution is -2.46. The Labute approximate surface area is 96.6 Å². The molecule has 0 aliphatic rings. The Hall–Kier alpha value is -1.74. The van der Waals surface area contributed by atoms with Gasteiger partial charge in [-0.3, -0.25) is 4.79 Å². The highest BCUT2D eigenvalue weighted by atomic mass is 19.4. The van der Waals surface area contributed by atoms with Crippen molar-refractivity contribution in [2.45, 2.75) is 25.4 Å². The molecule has 0 aliphatic heterocycles. The molecule has 0 aliphatic carbocycles. The third kappa shape index (κ3) is 5.06. The zero-order chi connectivity index (χ0) is 14.7. The lowest BCUT2D eigenvalue weighted by molar-refractivity contribution is -0.312. The molecule has 0 fully saturated rings. The zero-order valence-electron chi connectivity index (χ0n) is 8.78. The van der Waals surface area contributed by atoms with Crippen LogP contribution in [0.5, 0.6) is 0 Å². The maximum Gasteiger partial charge on any atom is 0.434 e. The summed E-state index contributed by atoms with van der Waals surface area (Å²) in [6.07, 6.45) is -15.9. The van der Waals surface area contributed by atoms with E-state index in [0.717, 1.165) is 6.92 Å². The van der Waals surface area contributed by atoms with Crippen molar-refractivity contribution in [1.29, 1.82) is 0 Å². The molecule has 0 aromatic rings. The predicted molar refractivity (Wildman–Crippen MR) is 44.9 cm³/mol. The molecule has 0 heterocycles. The van der Waals surface area contributed by atoms with E-state index in [9.17, 15) is 35.9 Å². The van der Waals surface area contributed by atoms with E-state index in [0.29, 0.717) is 0 Å². The molecule has 4 nitrogen and oxygen atoms in total. The van der Waals surface area contributed by atoms with Crippen LogP contribution < -0.4 is 5.32 Å². The van der Waals surface area contributed by atoms with E-state index < -0.39 is 36.0 Å². The number of rotatable bonds is 3. The molecule has 0 spiro atoms. The molecule has 18 heavy (non-hydrogen) atoms. The van der Waals surface area contributed by atoms with E-state index in [-0.39, 0.29) is 0 Å². The van der Waals surface area contributed by atoms with Crippen LogP contribution in [0.15, 0.2) is 12.3 Å². The Morgan fingerprint density at radius 2 is 1.50 bits per heavy atom. The molecular weight excluding hydrogens is 272 g/mol. The number of amides is 1. The van der Waals surface area contributed by atoms with Gasteiger partial charge in [0.25, 0.3) is 6.10 Å². The van der Waals surface area contributed by atoms with Gasteiger partial charge in [-0.2, -0.15) is 26.3 Å². The quantitative estimate of drug-likeness (QED) is 0.486. The number of halogens is 6. The third-order valence-corrected chi connectivity index (χ3v) is 1.39. The molecule has 0 radical (unpaired) electrons. The first kappa shape index (κ1) is 16.3. The minimum absolute atomic E-state index is 0.878. The average molecular weight is 279 g/mol. The summed E-state index contributed by atoms with van der Waals surface area (Å²) < 4.78 is 75.2. The minimum atomic E-state index is -5.82. The average Bonchev–Trinajstić information content (AvgIpc) is 2.08. The highest BCUT2D eigenvalue weighted by Gasteiger charge is 2.60. The minimum Gasteiger partial charge on any atom is -0.438 e. The number of hydrogen-bond acceptors (Lipinski definition) is 3. The van der Waals surface area contributed by atoms with E-state index in [4.69, 9.17) is 0 Å². The monoisotopic (exact) mass is 279 g/mol. The molecule has 1 amide bonds. The molecule has 0 aromatic carbocycles. The largest absolute Gasteiger partial charge is 0.438 e. The van der Waals surface area contributed by atoms with Crippen molar-refractivity contribution in [1.82, 2.24) is 5.32 Å². The van der Waals surface area contributed by atoms with Gasteiger partial charge in [0.15, 0.2) is 0 Å². The van der Waals surface area contributed by atoms with Crippen LogP contribution in [0.1, 0.15) is 6.92 Å². The Balaban J connectivity index is 4.87. The summed E-state index contributed by atoms with van der Waals surface area (Å²) in [7, 11) is 0. The Morgan fingerprint density at radius 1 is 1.11 bits per heavy atom. The number of alkyl halides is 6. The summed E-state index contributed by atoms with van der Waals surface area (Å²) in [5.41, 5.74) is -1.03. The fourth-order valence-corrected chi connectivity index (χ4v) is 0.761. The maximum absolute atomic E-state index is 12.0. The highest BCUT2D eigenvalue weighted by molar-refractivity contribution is 5.92. The van der Waals surface area contributed by atoms with Crippen molar-refractivity contribution in [3.05, 3.63) is 12.3 Å². The topological polar surface area (TPSA) is 55.4 Å². The van der Waals surface area contributed by atoms with Gasteiger partial charge in [0.05, 0.1) is 0 Å². The zero-order valence-corrected chi connectivity index (χ0v) is 8.78. The molecule has 1 N–H and O–H groups in total. The number of hydrogen-bond donors (Lipinski definition) is 1. The fourth-order valence-electron chi connectivity index (χ4n) is 0.761. The first-order valence-corrected chi connectivity index (χ1v) is 4.16. The molecule has 0 aromatic heterocycles. The van der Waals surface area contributed by atoms with Crippen LogP contribution in [0.3, 0.4) is 0 Å².